The number of hydrogen-bond donors (Lipinski definition) is 1. The van der Waals surface area contributed by atoms with Crippen LogP contribution in [-0.4, -0.2) is 12.0 Å². The van der Waals surface area contributed by atoms with E-state index < -0.39 is 0 Å². The summed E-state index contributed by atoms with van der Waals surface area (Å²) in [4.78, 5) is 4.37. The van der Waals surface area contributed by atoms with Gasteiger partial charge in [-0.25, -0.2) is 9.37 Å². The highest BCUT2D eigenvalue weighted by atomic mass is 19.1. The Labute approximate surface area is 101 Å². The minimum atomic E-state index is -0.278. The molecule has 2 aromatic rings. The smallest absolute Gasteiger partial charge is 0.149 e. The molecule has 0 radical (unpaired) electrons. The van der Waals surface area contributed by atoms with Crippen LogP contribution in [-0.2, 0) is 5.41 Å². The lowest BCUT2D eigenvalue weighted by Crippen LogP contribution is -2.15. The van der Waals surface area contributed by atoms with Gasteiger partial charge in [0.25, 0.3) is 0 Å². The van der Waals surface area contributed by atoms with Gasteiger partial charge in [0.2, 0.25) is 0 Å². The third-order valence-corrected chi connectivity index (χ3v) is 2.84. The van der Waals surface area contributed by atoms with Crippen LogP contribution in [0.2, 0.25) is 0 Å². The number of anilines is 1. The minimum Gasteiger partial charge on any atom is -0.373 e. The van der Waals surface area contributed by atoms with Crippen LogP contribution in [0.1, 0.15) is 26.3 Å². The lowest BCUT2D eigenvalue weighted by molar-refractivity contribution is 0.590. The molecular formula is C14H17FN2. The molecule has 0 saturated heterocycles. The van der Waals surface area contributed by atoms with Crippen molar-refractivity contribution in [1.82, 2.24) is 4.98 Å². The van der Waals surface area contributed by atoms with Crippen molar-refractivity contribution >= 4 is 16.7 Å². The van der Waals surface area contributed by atoms with Gasteiger partial charge in [0.15, 0.2) is 0 Å². The highest BCUT2D eigenvalue weighted by Gasteiger charge is 2.20. The molecule has 2 nitrogen and oxygen atoms in total. The number of nitrogens with zero attached hydrogens (tertiary/aromatic N) is 1. The van der Waals surface area contributed by atoms with Crippen LogP contribution in [0.3, 0.4) is 0 Å². The Morgan fingerprint density at radius 1 is 1.24 bits per heavy atom. The summed E-state index contributed by atoms with van der Waals surface area (Å²) in [7, 11) is 1.81. The number of rotatable bonds is 1. The van der Waals surface area contributed by atoms with Crippen LogP contribution in [0.15, 0.2) is 24.3 Å². The molecule has 0 saturated carbocycles. The van der Waals surface area contributed by atoms with Gasteiger partial charge in [-0.3, -0.25) is 0 Å². The Morgan fingerprint density at radius 2 is 1.94 bits per heavy atom. The SMILES string of the molecule is CNc1nc2c(F)cccc2cc1C(C)(C)C. The molecule has 0 aliphatic rings. The van der Waals surface area contributed by atoms with Gasteiger partial charge in [-0.05, 0) is 17.5 Å². The quantitative estimate of drug-likeness (QED) is 0.810. The second-order valence-corrected chi connectivity index (χ2v) is 5.20. The molecule has 1 aromatic carbocycles. The summed E-state index contributed by atoms with van der Waals surface area (Å²) in [5, 5.41) is 3.89. The standard InChI is InChI=1S/C14H17FN2/c1-14(2,3)10-8-9-6-5-7-11(15)12(9)17-13(10)16-4/h5-8H,1-4H3,(H,16,17). The molecule has 0 bridgehead atoms. The molecule has 1 aromatic heterocycles. The first-order valence-corrected chi connectivity index (χ1v) is 5.71. The lowest BCUT2D eigenvalue weighted by atomic mass is 9.86. The topological polar surface area (TPSA) is 24.9 Å². The van der Waals surface area contributed by atoms with E-state index in [1.165, 1.54) is 6.07 Å². The van der Waals surface area contributed by atoms with Gasteiger partial charge in [-0.15, -0.1) is 0 Å². The molecule has 0 unspecified atom stereocenters. The van der Waals surface area contributed by atoms with Gasteiger partial charge in [0.05, 0.1) is 0 Å². The fourth-order valence-corrected chi connectivity index (χ4v) is 1.92. The van der Waals surface area contributed by atoms with E-state index in [4.69, 9.17) is 0 Å². The Kier molecular flexibility index (Phi) is 2.77. The van der Waals surface area contributed by atoms with Crippen LogP contribution in [0.5, 0.6) is 0 Å². The summed E-state index contributed by atoms with van der Waals surface area (Å²) >= 11 is 0. The summed E-state index contributed by atoms with van der Waals surface area (Å²) in [6, 6.07) is 7.05. The number of hydrogen-bond acceptors (Lipinski definition) is 2. The number of benzene rings is 1. The fraction of sp³-hybridized carbons (Fsp3) is 0.357. The first-order valence-electron chi connectivity index (χ1n) is 5.71. The summed E-state index contributed by atoms with van der Waals surface area (Å²) in [6.45, 7) is 6.36. The van der Waals surface area contributed by atoms with Crippen molar-refractivity contribution in [1.29, 1.82) is 0 Å². The van der Waals surface area contributed by atoms with E-state index in [0.29, 0.717) is 5.52 Å². The van der Waals surface area contributed by atoms with Gasteiger partial charge in [0, 0.05) is 18.0 Å². The maximum Gasteiger partial charge on any atom is 0.149 e. The second-order valence-electron chi connectivity index (χ2n) is 5.20. The fourth-order valence-electron chi connectivity index (χ4n) is 1.92. The van der Waals surface area contributed by atoms with Gasteiger partial charge in [-0.1, -0.05) is 32.9 Å². The van der Waals surface area contributed by atoms with Crippen molar-refractivity contribution in [2.24, 2.45) is 0 Å². The molecule has 2 rings (SSSR count). The van der Waals surface area contributed by atoms with Crippen molar-refractivity contribution in [2.45, 2.75) is 26.2 Å². The van der Waals surface area contributed by atoms with Crippen molar-refractivity contribution in [3.63, 3.8) is 0 Å². The Hall–Kier alpha value is -1.64. The van der Waals surface area contributed by atoms with Crippen molar-refractivity contribution in [3.8, 4) is 0 Å². The average molecular weight is 232 g/mol. The van der Waals surface area contributed by atoms with Gasteiger partial charge in [0.1, 0.15) is 17.2 Å². The Bertz CT molecular complexity index is 556. The number of pyridine rings is 1. The van der Waals surface area contributed by atoms with Gasteiger partial charge >= 0.3 is 0 Å². The van der Waals surface area contributed by atoms with Gasteiger partial charge in [-0.2, -0.15) is 0 Å². The molecule has 3 heteroatoms. The van der Waals surface area contributed by atoms with Crippen molar-refractivity contribution in [3.05, 3.63) is 35.6 Å². The molecule has 1 N–H and O–H groups in total. The first kappa shape index (κ1) is 11.8. The Morgan fingerprint density at radius 3 is 2.53 bits per heavy atom. The van der Waals surface area contributed by atoms with Gasteiger partial charge < -0.3 is 5.32 Å². The third-order valence-electron chi connectivity index (χ3n) is 2.84. The van der Waals surface area contributed by atoms with Crippen molar-refractivity contribution < 1.29 is 4.39 Å². The van der Waals surface area contributed by atoms with E-state index in [1.54, 1.807) is 6.07 Å². The molecule has 0 atom stereocenters. The molecule has 0 aliphatic heterocycles. The summed E-state index contributed by atoms with van der Waals surface area (Å²) in [5.74, 6) is 0.467. The van der Waals surface area contributed by atoms with E-state index in [-0.39, 0.29) is 11.2 Å². The second kappa shape index (κ2) is 3.99. The monoisotopic (exact) mass is 232 g/mol. The predicted molar refractivity (Wildman–Crippen MR) is 69.9 cm³/mol. The number of fused-ring (bicyclic) bond motifs is 1. The number of aromatic nitrogens is 1. The zero-order valence-electron chi connectivity index (χ0n) is 10.6. The molecule has 0 spiro atoms. The largest absolute Gasteiger partial charge is 0.373 e. The molecular weight excluding hydrogens is 215 g/mol. The van der Waals surface area contributed by atoms with E-state index in [1.807, 2.05) is 19.2 Å². The third kappa shape index (κ3) is 2.09. The zero-order chi connectivity index (χ0) is 12.6. The summed E-state index contributed by atoms with van der Waals surface area (Å²) < 4.78 is 13.6. The highest BCUT2D eigenvalue weighted by molar-refractivity contribution is 5.82. The molecule has 0 amide bonds. The van der Waals surface area contributed by atoms with Crippen LogP contribution >= 0.6 is 0 Å². The van der Waals surface area contributed by atoms with E-state index >= 15 is 0 Å². The predicted octanol–water partition coefficient (Wildman–Crippen LogP) is 3.71. The van der Waals surface area contributed by atoms with Crippen LogP contribution in [0, 0.1) is 5.82 Å². The molecule has 0 fully saturated rings. The number of halogens is 1. The summed E-state index contributed by atoms with van der Waals surface area (Å²) in [5.41, 5.74) is 1.49. The molecule has 0 aliphatic carbocycles. The zero-order valence-corrected chi connectivity index (χ0v) is 10.6. The molecule has 1 heterocycles. The van der Waals surface area contributed by atoms with E-state index in [9.17, 15) is 4.39 Å². The highest BCUT2D eigenvalue weighted by Crippen LogP contribution is 2.31. The molecule has 90 valence electrons. The molecule has 17 heavy (non-hydrogen) atoms. The van der Waals surface area contributed by atoms with E-state index in [0.717, 1.165) is 16.8 Å². The van der Waals surface area contributed by atoms with Crippen LogP contribution in [0.25, 0.3) is 10.9 Å². The van der Waals surface area contributed by atoms with E-state index in [2.05, 4.69) is 31.1 Å². The maximum atomic E-state index is 13.6. The van der Waals surface area contributed by atoms with Crippen molar-refractivity contribution in [2.75, 3.05) is 12.4 Å². The average Bonchev–Trinajstić information content (AvgIpc) is 2.27. The normalized spacial score (nSPS) is 11.8. The van der Waals surface area contributed by atoms with Crippen LogP contribution in [0.4, 0.5) is 10.2 Å². The first-order chi connectivity index (χ1) is 7.93. The number of para-hydroxylation sites is 1. The summed E-state index contributed by atoms with van der Waals surface area (Å²) in [6.07, 6.45) is 0. The van der Waals surface area contributed by atoms with Crippen LogP contribution < -0.4 is 5.32 Å². The Balaban J connectivity index is 2.78. The lowest BCUT2D eigenvalue weighted by Gasteiger charge is -2.22. The number of nitrogens with one attached hydrogen (secondary N) is 1. The minimum absolute atomic E-state index is 0.0220. The maximum absolute atomic E-state index is 13.6.